The van der Waals surface area contributed by atoms with Crippen LogP contribution in [0, 0.1) is 10.8 Å². The molecule has 4 N–H and O–H groups in total. The average molecular weight is 571 g/mol. The number of aliphatic hydroxyl groups excluding tert-OH is 2. The Balaban J connectivity index is 1.78. The molecule has 3 atom stereocenters. The van der Waals surface area contributed by atoms with E-state index in [-0.39, 0.29) is 29.9 Å². The third kappa shape index (κ3) is 3.94. The third-order valence-electron chi connectivity index (χ3n) is 9.89. The van der Waals surface area contributed by atoms with Crippen molar-refractivity contribution in [3.8, 4) is 16.9 Å². The number of phenols is 1. The molecule has 3 aliphatic rings. The maximum absolute atomic E-state index is 13.0. The highest BCUT2D eigenvalue weighted by molar-refractivity contribution is 6.21. The van der Waals surface area contributed by atoms with Crippen molar-refractivity contribution in [3.63, 3.8) is 0 Å². The summed E-state index contributed by atoms with van der Waals surface area (Å²) in [5.74, 6) is -2.42. The number of rotatable bonds is 3. The highest BCUT2D eigenvalue weighted by atomic mass is 16.4. The normalized spacial score (nSPS) is 27.7. The fourth-order valence-electron chi connectivity index (χ4n) is 7.84. The number of phenolic OH excluding ortho intramolecular Hbond substituents is 1. The Morgan fingerprint density at radius 1 is 1.00 bits per heavy atom. The number of hydrogen-bond acceptors (Lipinski definition) is 6. The van der Waals surface area contributed by atoms with Crippen molar-refractivity contribution < 1.29 is 30.0 Å². The zero-order chi connectivity index (χ0) is 31.3. The Morgan fingerprint density at radius 2 is 1.60 bits per heavy atom. The van der Waals surface area contributed by atoms with E-state index in [1.807, 2.05) is 25.1 Å². The molecule has 0 bridgehead atoms. The summed E-state index contributed by atoms with van der Waals surface area (Å²) in [6.45, 7) is 19.8. The van der Waals surface area contributed by atoms with E-state index in [4.69, 9.17) is 0 Å². The van der Waals surface area contributed by atoms with Gasteiger partial charge in [-0.15, -0.1) is 0 Å². The highest BCUT2D eigenvalue weighted by Crippen LogP contribution is 2.65. The molecule has 6 nitrogen and oxygen atoms in total. The van der Waals surface area contributed by atoms with E-state index in [1.165, 1.54) is 5.56 Å². The van der Waals surface area contributed by atoms with Crippen LogP contribution in [0.5, 0.6) is 5.75 Å². The minimum absolute atomic E-state index is 0.0238. The summed E-state index contributed by atoms with van der Waals surface area (Å²) in [5, 5.41) is 47.0. The van der Waals surface area contributed by atoms with Gasteiger partial charge in [-0.05, 0) is 65.0 Å². The number of allylic oxidation sites excluding steroid dienone is 3. The summed E-state index contributed by atoms with van der Waals surface area (Å²) in [4.78, 5) is 25.3. The lowest BCUT2D eigenvalue weighted by Gasteiger charge is -2.57. The summed E-state index contributed by atoms with van der Waals surface area (Å²) in [6.07, 6.45) is 0.457. The minimum Gasteiger partial charge on any atom is -0.508 e. The molecule has 3 aliphatic carbocycles. The van der Waals surface area contributed by atoms with Gasteiger partial charge in [0.1, 0.15) is 22.8 Å². The lowest BCUT2D eigenvalue weighted by Crippen LogP contribution is -2.60. The lowest BCUT2D eigenvalue weighted by molar-refractivity contribution is -0.141. The molecule has 222 valence electrons. The van der Waals surface area contributed by atoms with Crippen LogP contribution >= 0.6 is 0 Å². The van der Waals surface area contributed by atoms with E-state index >= 15 is 0 Å². The molecule has 0 amide bonds. The van der Waals surface area contributed by atoms with Crippen LogP contribution < -0.4 is 0 Å². The van der Waals surface area contributed by atoms with Crippen LogP contribution in [0.15, 0.2) is 59.6 Å². The van der Waals surface area contributed by atoms with Gasteiger partial charge in [-0.2, -0.15) is 0 Å². The Bertz CT molecular complexity index is 1630. The van der Waals surface area contributed by atoms with Gasteiger partial charge in [0, 0.05) is 34.0 Å². The van der Waals surface area contributed by atoms with E-state index in [1.54, 1.807) is 6.92 Å². The van der Waals surface area contributed by atoms with Crippen molar-refractivity contribution in [2.24, 2.45) is 10.8 Å². The van der Waals surface area contributed by atoms with Gasteiger partial charge in [-0.25, -0.2) is 0 Å². The van der Waals surface area contributed by atoms with Crippen LogP contribution in [0.2, 0.25) is 0 Å². The number of carbonyl (C=O) groups is 2. The standard InChI is InChI=1S/C36H42O6/c1-18(2)23-14-24(21-10-12-22(13-11-21)33(5,6)7)30(39)27-19(3)29-32(41)36(42)31(40)28(20(4)37)26(38)16-35(36,9)17-34(29,8)15-25(23)27/h10-14,18,39-42H,3,15-17H2,1-2,4-9H3/t34-,35+,36+/m1/s1. The van der Waals surface area contributed by atoms with Gasteiger partial charge in [0.15, 0.2) is 17.2 Å². The van der Waals surface area contributed by atoms with Crippen molar-refractivity contribution in [2.75, 3.05) is 0 Å². The van der Waals surface area contributed by atoms with Gasteiger partial charge in [-0.1, -0.05) is 79.3 Å². The van der Waals surface area contributed by atoms with Crippen LogP contribution in [0.4, 0.5) is 0 Å². The van der Waals surface area contributed by atoms with Crippen molar-refractivity contribution in [3.05, 3.63) is 81.8 Å². The predicted octanol–water partition coefficient (Wildman–Crippen LogP) is 7.38. The average Bonchev–Trinajstić information content (AvgIpc) is 2.85. The second-order valence-corrected chi connectivity index (χ2v) is 14.5. The molecule has 0 fully saturated rings. The van der Waals surface area contributed by atoms with E-state index < -0.39 is 45.1 Å². The number of Topliss-reactive ketones (excluding diaryl/α,β-unsaturated/α-hetero) is 2. The molecule has 2 aromatic carbocycles. The first kappa shape index (κ1) is 29.8. The van der Waals surface area contributed by atoms with Gasteiger partial charge in [0.25, 0.3) is 0 Å². The zero-order valence-corrected chi connectivity index (χ0v) is 25.9. The van der Waals surface area contributed by atoms with Crippen LogP contribution in [-0.2, 0) is 21.4 Å². The predicted molar refractivity (Wildman–Crippen MR) is 164 cm³/mol. The molecule has 0 saturated carbocycles. The molecule has 0 saturated heterocycles. The topological polar surface area (TPSA) is 115 Å². The van der Waals surface area contributed by atoms with Gasteiger partial charge >= 0.3 is 0 Å². The number of aliphatic hydroxyl groups is 3. The first-order valence-corrected chi connectivity index (χ1v) is 14.6. The van der Waals surface area contributed by atoms with Crippen LogP contribution in [-0.4, -0.2) is 37.6 Å². The monoisotopic (exact) mass is 570 g/mol. The van der Waals surface area contributed by atoms with E-state index in [0.717, 1.165) is 23.6 Å². The maximum atomic E-state index is 13.0. The van der Waals surface area contributed by atoms with E-state index in [2.05, 4.69) is 53.3 Å². The molecule has 0 heterocycles. The van der Waals surface area contributed by atoms with E-state index in [0.29, 0.717) is 28.7 Å². The molecular formula is C36H42O6. The van der Waals surface area contributed by atoms with Gasteiger partial charge in [0.05, 0.1) is 0 Å². The molecule has 2 aromatic rings. The molecule has 0 aliphatic heterocycles. The minimum atomic E-state index is -2.35. The summed E-state index contributed by atoms with van der Waals surface area (Å²) >= 11 is 0. The van der Waals surface area contributed by atoms with E-state index in [9.17, 15) is 30.0 Å². The second-order valence-electron chi connectivity index (χ2n) is 14.5. The quantitative estimate of drug-likeness (QED) is 0.286. The number of hydrogen-bond donors (Lipinski definition) is 4. The summed E-state index contributed by atoms with van der Waals surface area (Å²) in [5.41, 5.74) is 0.900. The molecular weight excluding hydrogens is 528 g/mol. The van der Waals surface area contributed by atoms with Gasteiger partial charge in [0.2, 0.25) is 0 Å². The SMILES string of the molecule is C=C1C2=C(O)[C@@]3(O)C(O)=C(C(C)=O)C(=O)C[C@@]3(C)C[C@@]2(C)Cc2c(C(C)C)cc(-c3ccc(C(C)(C)C)cc3)c(O)c21. The molecule has 0 aromatic heterocycles. The molecule has 0 radical (unpaired) electrons. The fraction of sp³-hybridized carbons (Fsp3) is 0.444. The zero-order valence-electron chi connectivity index (χ0n) is 25.9. The summed E-state index contributed by atoms with van der Waals surface area (Å²) < 4.78 is 0. The fourth-order valence-corrected chi connectivity index (χ4v) is 7.84. The Labute approximate surface area is 248 Å². The number of fused-ring (bicyclic) bond motifs is 3. The summed E-state index contributed by atoms with van der Waals surface area (Å²) in [6, 6.07) is 10.2. The number of carbonyl (C=O) groups excluding carboxylic acids is 2. The molecule has 0 unspecified atom stereocenters. The van der Waals surface area contributed by atoms with Crippen LogP contribution in [0.1, 0.15) is 96.4 Å². The first-order chi connectivity index (χ1) is 19.3. The largest absolute Gasteiger partial charge is 0.508 e. The number of aromatic hydroxyl groups is 1. The molecule has 42 heavy (non-hydrogen) atoms. The smallest absolute Gasteiger partial charge is 0.185 e. The second kappa shape index (κ2) is 9.18. The molecule has 5 rings (SSSR count). The lowest BCUT2D eigenvalue weighted by atomic mass is 9.48. The van der Waals surface area contributed by atoms with Gasteiger partial charge in [-0.3, -0.25) is 9.59 Å². The Kier molecular flexibility index (Phi) is 6.52. The maximum Gasteiger partial charge on any atom is 0.185 e. The first-order valence-electron chi connectivity index (χ1n) is 14.6. The van der Waals surface area contributed by atoms with Crippen LogP contribution in [0.3, 0.4) is 0 Å². The van der Waals surface area contributed by atoms with Crippen LogP contribution in [0.25, 0.3) is 16.7 Å². The van der Waals surface area contributed by atoms with Crippen molar-refractivity contribution in [1.82, 2.24) is 0 Å². The summed E-state index contributed by atoms with van der Waals surface area (Å²) in [7, 11) is 0. The Hall–Kier alpha value is -3.64. The molecule has 6 heteroatoms. The van der Waals surface area contributed by atoms with Crippen molar-refractivity contribution in [1.29, 1.82) is 0 Å². The Morgan fingerprint density at radius 3 is 2.12 bits per heavy atom. The number of benzene rings is 2. The number of ketones is 2. The van der Waals surface area contributed by atoms with Crippen molar-refractivity contribution >= 4 is 17.1 Å². The molecule has 0 spiro atoms. The van der Waals surface area contributed by atoms with Gasteiger partial charge < -0.3 is 20.4 Å². The van der Waals surface area contributed by atoms with Crippen molar-refractivity contribution in [2.45, 2.75) is 91.6 Å². The highest BCUT2D eigenvalue weighted by Gasteiger charge is 2.66. The third-order valence-corrected chi connectivity index (χ3v) is 9.89.